The molecule has 0 aliphatic heterocycles. The fraction of sp³-hybridized carbons (Fsp3) is 0.400. The molecular formula is C10H11F3N2O2. The van der Waals surface area contributed by atoms with E-state index in [1.807, 2.05) is 0 Å². The summed E-state index contributed by atoms with van der Waals surface area (Å²) in [6, 6.07) is 2.08. The number of amides is 1. The second-order valence-corrected chi connectivity index (χ2v) is 3.47. The molecule has 1 rings (SSSR count). The molecule has 0 fully saturated rings. The van der Waals surface area contributed by atoms with Crippen LogP contribution in [0.2, 0.25) is 0 Å². The van der Waals surface area contributed by atoms with Gasteiger partial charge in [0, 0.05) is 20.2 Å². The first kappa shape index (κ1) is 13.4. The van der Waals surface area contributed by atoms with Gasteiger partial charge in [0.25, 0.3) is 0 Å². The standard InChI is InChI=1S/C10H11F3N2O2/c1-6(16)15(2)8-5-7(3-4-14-8)9(17)10(11,12)13/h3-5,9,17H,1-2H3. The molecule has 1 aromatic rings. The van der Waals surface area contributed by atoms with E-state index in [0.717, 1.165) is 23.2 Å². The molecule has 0 saturated carbocycles. The highest BCUT2D eigenvalue weighted by molar-refractivity contribution is 5.89. The lowest BCUT2D eigenvalue weighted by Crippen LogP contribution is -2.25. The Hall–Kier alpha value is -1.63. The summed E-state index contributed by atoms with van der Waals surface area (Å²) in [6.45, 7) is 1.26. The fourth-order valence-electron chi connectivity index (χ4n) is 1.14. The Morgan fingerprint density at radius 2 is 2.12 bits per heavy atom. The van der Waals surface area contributed by atoms with Crippen LogP contribution >= 0.6 is 0 Å². The molecule has 0 radical (unpaired) electrons. The number of rotatable bonds is 2. The third-order valence-electron chi connectivity index (χ3n) is 2.21. The number of carbonyl (C=O) groups is 1. The van der Waals surface area contributed by atoms with Gasteiger partial charge >= 0.3 is 6.18 Å². The van der Waals surface area contributed by atoms with Crippen molar-refractivity contribution < 1.29 is 23.1 Å². The molecule has 0 aromatic carbocycles. The topological polar surface area (TPSA) is 53.4 Å². The fourth-order valence-corrected chi connectivity index (χ4v) is 1.14. The summed E-state index contributed by atoms with van der Waals surface area (Å²) in [5, 5.41) is 9.05. The van der Waals surface area contributed by atoms with Crippen LogP contribution in [0.3, 0.4) is 0 Å². The monoisotopic (exact) mass is 248 g/mol. The number of alkyl halides is 3. The van der Waals surface area contributed by atoms with Gasteiger partial charge in [0.1, 0.15) is 5.82 Å². The van der Waals surface area contributed by atoms with Crippen LogP contribution in [0.5, 0.6) is 0 Å². The second kappa shape index (κ2) is 4.70. The number of nitrogens with zero attached hydrogens (tertiary/aromatic N) is 2. The van der Waals surface area contributed by atoms with Gasteiger partial charge < -0.3 is 10.0 Å². The smallest absolute Gasteiger partial charge is 0.379 e. The minimum absolute atomic E-state index is 0.0540. The predicted octanol–water partition coefficient (Wildman–Crippen LogP) is 1.66. The molecular weight excluding hydrogens is 237 g/mol. The zero-order chi connectivity index (χ0) is 13.2. The number of aromatic nitrogens is 1. The maximum Gasteiger partial charge on any atom is 0.418 e. The molecule has 1 N–H and O–H groups in total. The molecule has 1 aromatic heterocycles. The van der Waals surface area contributed by atoms with E-state index in [0.29, 0.717) is 0 Å². The number of hydrogen-bond donors (Lipinski definition) is 1. The predicted molar refractivity (Wildman–Crippen MR) is 54.3 cm³/mol. The van der Waals surface area contributed by atoms with Crippen LogP contribution in [-0.2, 0) is 4.79 Å². The van der Waals surface area contributed by atoms with Crippen molar-refractivity contribution in [3.63, 3.8) is 0 Å². The Morgan fingerprint density at radius 3 is 2.59 bits per heavy atom. The van der Waals surface area contributed by atoms with Crippen LogP contribution < -0.4 is 4.90 Å². The van der Waals surface area contributed by atoms with E-state index in [4.69, 9.17) is 5.11 Å². The van der Waals surface area contributed by atoms with Crippen molar-refractivity contribution in [2.75, 3.05) is 11.9 Å². The normalized spacial score (nSPS) is 13.3. The highest BCUT2D eigenvalue weighted by Crippen LogP contribution is 2.33. The number of carbonyl (C=O) groups excluding carboxylic acids is 1. The molecule has 1 atom stereocenters. The van der Waals surface area contributed by atoms with Crippen molar-refractivity contribution in [3.05, 3.63) is 23.9 Å². The van der Waals surface area contributed by atoms with Crippen molar-refractivity contribution in [1.29, 1.82) is 0 Å². The number of hydrogen-bond acceptors (Lipinski definition) is 3. The summed E-state index contributed by atoms with van der Waals surface area (Å²) < 4.78 is 36.8. The third kappa shape index (κ3) is 3.16. The molecule has 94 valence electrons. The maximum absolute atomic E-state index is 12.3. The van der Waals surface area contributed by atoms with E-state index in [1.54, 1.807) is 0 Å². The lowest BCUT2D eigenvalue weighted by atomic mass is 10.1. The Morgan fingerprint density at radius 1 is 1.53 bits per heavy atom. The molecule has 0 saturated heterocycles. The molecule has 7 heteroatoms. The maximum atomic E-state index is 12.3. The number of aliphatic hydroxyl groups is 1. The first-order chi connectivity index (χ1) is 7.73. The zero-order valence-electron chi connectivity index (χ0n) is 9.19. The molecule has 1 unspecified atom stereocenters. The van der Waals surface area contributed by atoms with Crippen LogP contribution in [0.25, 0.3) is 0 Å². The van der Waals surface area contributed by atoms with Crippen molar-refractivity contribution in [3.8, 4) is 0 Å². The molecule has 0 spiro atoms. The van der Waals surface area contributed by atoms with Gasteiger partial charge in [-0.25, -0.2) is 4.98 Å². The number of halogens is 3. The Bertz CT molecular complexity index is 420. The minimum Gasteiger partial charge on any atom is -0.379 e. The van der Waals surface area contributed by atoms with E-state index in [9.17, 15) is 18.0 Å². The van der Waals surface area contributed by atoms with Gasteiger partial charge in [-0.05, 0) is 17.7 Å². The third-order valence-corrected chi connectivity index (χ3v) is 2.21. The quantitative estimate of drug-likeness (QED) is 0.866. The Labute approximate surface area is 95.7 Å². The summed E-state index contributed by atoms with van der Waals surface area (Å²) in [6.07, 6.45) is -6.21. The van der Waals surface area contributed by atoms with Gasteiger partial charge in [-0.3, -0.25) is 4.79 Å². The minimum atomic E-state index is -4.74. The Balaban J connectivity index is 3.05. The molecule has 0 aliphatic rings. The first-order valence-corrected chi connectivity index (χ1v) is 4.68. The average molecular weight is 248 g/mol. The molecule has 1 heterocycles. The van der Waals surface area contributed by atoms with E-state index < -0.39 is 12.3 Å². The van der Waals surface area contributed by atoms with Crippen molar-refractivity contribution in [2.45, 2.75) is 19.2 Å². The van der Waals surface area contributed by atoms with E-state index in [1.165, 1.54) is 14.0 Å². The molecule has 17 heavy (non-hydrogen) atoms. The van der Waals surface area contributed by atoms with Crippen molar-refractivity contribution in [1.82, 2.24) is 4.98 Å². The molecule has 0 aliphatic carbocycles. The van der Waals surface area contributed by atoms with E-state index >= 15 is 0 Å². The Kier molecular flexibility index (Phi) is 3.72. The van der Waals surface area contributed by atoms with Crippen LogP contribution in [-0.4, -0.2) is 29.2 Å². The highest BCUT2D eigenvalue weighted by Gasteiger charge is 2.39. The summed E-state index contributed by atoms with van der Waals surface area (Å²) >= 11 is 0. The number of anilines is 1. The lowest BCUT2D eigenvalue weighted by molar-refractivity contribution is -0.206. The summed E-state index contributed by atoms with van der Waals surface area (Å²) in [5.41, 5.74) is -0.351. The van der Waals surface area contributed by atoms with Gasteiger partial charge in [-0.2, -0.15) is 13.2 Å². The summed E-state index contributed by atoms with van der Waals surface area (Å²) in [7, 11) is 1.38. The van der Waals surface area contributed by atoms with E-state index in [-0.39, 0.29) is 17.3 Å². The van der Waals surface area contributed by atoms with Gasteiger partial charge in [-0.15, -0.1) is 0 Å². The highest BCUT2D eigenvalue weighted by atomic mass is 19.4. The number of pyridine rings is 1. The van der Waals surface area contributed by atoms with E-state index in [2.05, 4.69) is 4.98 Å². The van der Waals surface area contributed by atoms with Gasteiger partial charge in [0.05, 0.1) is 0 Å². The SMILES string of the molecule is CC(=O)N(C)c1cc(C(O)C(F)(F)F)ccn1. The van der Waals surface area contributed by atoms with Crippen molar-refractivity contribution >= 4 is 11.7 Å². The van der Waals surface area contributed by atoms with Gasteiger partial charge in [0.15, 0.2) is 6.10 Å². The average Bonchev–Trinajstić information content (AvgIpc) is 2.25. The molecule has 0 bridgehead atoms. The van der Waals surface area contributed by atoms with Crippen LogP contribution in [0.1, 0.15) is 18.6 Å². The van der Waals surface area contributed by atoms with Crippen LogP contribution in [0.15, 0.2) is 18.3 Å². The zero-order valence-corrected chi connectivity index (χ0v) is 9.19. The lowest BCUT2D eigenvalue weighted by Gasteiger charge is -2.18. The molecule has 4 nitrogen and oxygen atoms in total. The second-order valence-electron chi connectivity index (χ2n) is 3.47. The summed E-state index contributed by atoms with van der Waals surface area (Å²) in [4.78, 5) is 15.9. The number of aliphatic hydroxyl groups excluding tert-OH is 1. The van der Waals surface area contributed by atoms with Crippen molar-refractivity contribution in [2.24, 2.45) is 0 Å². The molecule has 1 amide bonds. The van der Waals surface area contributed by atoms with Gasteiger partial charge in [-0.1, -0.05) is 0 Å². The summed E-state index contributed by atoms with van der Waals surface area (Å²) in [5.74, 6) is -0.311. The first-order valence-electron chi connectivity index (χ1n) is 4.68. The van der Waals surface area contributed by atoms with Gasteiger partial charge in [0.2, 0.25) is 5.91 Å². The largest absolute Gasteiger partial charge is 0.418 e. The van der Waals surface area contributed by atoms with Crippen LogP contribution in [0, 0.1) is 0 Å². The van der Waals surface area contributed by atoms with Crippen LogP contribution in [0.4, 0.5) is 19.0 Å².